The fourth-order valence-electron chi connectivity index (χ4n) is 1.10. The number of nitrogens with zero attached hydrogens (tertiary/aromatic N) is 3. The second-order valence-corrected chi connectivity index (χ2v) is 2.84. The number of anilines is 2. The van der Waals surface area contributed by atoms with Crippen LogP contribution in [0.15, 0.2) is 12.4 Å². The molecule has 0 saturated heterocycles. The molecular weight excluding hydrogens is 164 g/mol. The molecule has 1 aromatic rings. The van der Waals surface area contributed by atoms with E-state index in [2.05, 4.69) is 16.4 Å². The summed E-state index contributed by atoms with van der Waals surface area (Å²) >= 11 is 0. The number of nitrogens with one attached hydrogen (secondary N) is 1. The molecule has 0 aliphatic carbocycles. The lowest BCUT2D eigenvalue weighted by Crippen LogP contribution is -2.11. The Bertz CT molecular complexity index is 338. The minimum absolute atomic E-state index is 0.627. The van der Waals surface area contributed by atoms with E-state index in [-0.39, 0.29) is 0 Å². The van der Waals surface area contributed by atoms with Gasteiger partial charge in [0, 0.05) is 21.1 Å². The Morgan fingerprint density at radius 1 is 1.46 bits per heavy atom. The van der Waals surface area contributed by atoms with Crippen molar-refractivity contribution in [2.45, 2.75) is 0 Å². The van der Waals surface area contributed by atoms with Crippen LogP contribution in [0.3, 0.4) is 0 Å². The third-order valence-electron chi connectivity index (χ3n) is 1.79. The summed E-state index contributed by atoms with van der Waals surface area (Å²) in [4.78, 5) is 5.90. The molecule has 68 valence electrons. The van der Waals surface area contributed by atoms with E-state index >= 15 is 0 Å². The molecule has 0 bridgehead atoms. The Kier molecular flexibility index (Phi) is 2.70. The van der Waals surface area contributed by atoms with Crippen molar-refractivity contribution in [3.05, 3.63) is 18.0 Å². The van der Waals surface area contributed by atoms with Crippen molar-refractivity contribution in [3.63, 3.8) is 0 Å². The Hall–Kier alpha value is -1.76. The van der Waals surface area contributed by atoms with Crippen LogP contribution in [0.5, 0.6) is 0 Å². The third kappa shape index (κ3) is 1.70. The Morgan fingerprint density at radius 2 is 2.15 bits per heavy atom. The van der Waals surface area contributed by atoms with Gasteiger partial charge in [0.1, 0.15) is 11.6 Å². The lowest BCUT2D eigenvalue weighted by molar-refractivity contribution is 1.10. The van der Waals surface area contributed by atoms with E-state index in [4.69, 9.17) is 5.26 Å². The average molecular weight is 176 g/mol. The molecule has 0 amide bonds. The summed E-state index contributed by atoms with van der Waals surface area (Å²) in [6.07, 6.45) is 3.32. The van der Waals surface area contributed by atoms with E-state index < -0.39 is 0 Å². The molecule has 0 radical (unpaired) electrons. The van der Waals surface area contributed by atoms with Gasteiger partial charge >= 0.3 is 0 Å². The van der Waals surface area contributed by atoms with Gasteiger partial charge in [-0.15, -0.1) is 0 Å². The van der Waals surface area contributed by atoms with Gasteiger partial charge in [-0.25, -0.2) is 0 Å². The Labute approximate surface area is 77.8 Å². The van der Waals surface area contributed by atoms with Crippen molar-refractivity contribution in [1.29, 1.82) is 5.26 Å². The zero-order valence-electron chi connectivity index (χ0n) is 8.00. The number of hydrogen-bond acceptors (Lipinski definition) is 4. The quantitative estimate of drug-likeness (QED) is 0.732. The van der Waals surface area contributed by atoms with Crippen molar-refractivity contribution in [2.24, 2.45) is 0 Å². The van der Waals surface area contributed by atoms with Crippen molar-refractivity contribution < 1.29 is 0 Å². The van der Waals surface area contributed by atoms with Gasteiger partial charge in [0.05, 0.1) is 23.8 Å². The fourth-order valence-corrected chi connectivity index (χ4v) is 1.10. The van der Waals surface area contributed by atoms with Gasteiger partial charge in [-0.1, -0.05) is 0 Å². The summed E-state index contributed by atoms with van der Waals surface area (Å²) < 4.78 is 0. The van der Waals surface area contributed by atoms with E-state index in [1.165, 1.54) is 0 Å². The summed E-state index contributed by atoms with van der Waals surface area (Å²) in [5, 5.41) is 11.9. The van der Waals surface area contributed by atoms with Crippen molar-refractivity contribution >= 4 is 11.4 Å². The molecule has 4 heteroatoms. The molecule has 0 unspecified atom stereocenters. The van der Waals surface area contributed by atoms with E-state index in [0.717, 1.165) is 11.4 Å². The summed E-state index contributed by atoms with van der Waals surface area (Å²) in [5.74, 6) is 0. The van der Waals surface area contributed by atoms with Crippen molar-refractivity contribution in [3.8, 4) is 6.07 Å². The second-order valence-electron chi connectivity index (χ2n) is 2.84. The second kappa shape index (κ2) is 3.76. The highest BCUT2D eigenvalue weighted by molar-refractivity contribution is 5.69. The largest absolute Gasteiger partial charge is 0.386 e. The van der Waals surface area contributed by atoms with Crippen LogP contribution in [0.1, 0.15) is 5.56 Å². The van der Waals surface area contributed by atoms with Crippen molar-refractivity contribution in [2.75, 3.05) is 31.4 Å². The molecule has 0 aliphatic heterocycles. The molecule has 13 heavy (non-hydrogen) atoms. The van der Waals surface area contributed by atoms with E-state index in [9.17, 15) is 0 Å². The van der Waals surface area contributed by atoms with Gasteiger partial charge in [0.2, 0.25) is 0 Å². The maximum atomic E-state index is 8.93. The van der Waals surface area contributed by atoms with Gasteiger partial charge in [-0.2, -0.15) is 5.26 Å². The maximum Gasteiger partial charge on any atom is 0.104 e. The molecular formula is C9H12N4. The Balaban J connectivity index is 3.29. The van der Waals surface area contributed by atoms with Gasteiger partial charge in [0.15, 0.2) is 0 Å². The van der Waals surface area contributed by atoms with Gasteiger partial charge < -0.3 is 10.2 Å². The van der Waals surface area contributed by atoms with Crippen LogP contribution < -0.4 is 10.2 Å². The van der Waals surface area contributed by atoms with Crippen molar-refractivity contribution in [1.82, 2.24) is 4.98 Å². The molecule has 0 spiro atoms. The fraction of sp³-hybridized carbons (Fsp3) is 0.333. The number of nitriles is 1. The van der Waals surface area contributed by atoms with Gasteiger partial charge in [0.25, 0.3) is 0 Å². The van der Waals surface area contributed by atoms with Crippen LogP contribution in [-0.2, 0) is 0 Å². The summed E-state index contributed by atoms with van der Waals surface area (Å²) in [7, 11) is 5.55. The number of pyridine rings is 1. The highest BCUT2D eigenvalue weighted by Gasteiger charge is 2.08. The highest BCUT2D eigenvalue weighted by atomic mass is 15.1. The predicted molar refractivity (Wildman–Crippen MR) is 52.8 cm³/mol. The SMILES string of the molecule is CNc1cncc(N(C)C)c1C#N. The number of hydrogen-bond donors (Lipinski definition) is 1. The first kappa shape index (κ1) is 9.33. The molecule has 0 saturated carbocycles. The Morgan fingerprint density at radius 3 is 2.62 bits per heavy atom. The molecule has 1 aromatic heterocycles. The standard InChI is InChI=1S/C9H12N4/c1-11-8-5-12-6-9(13(2)3)7(8)4-10/h5-6,11H,1-3H3. The lowest BCUT2D eigenvalue weighted by atomic mass is 10.2. The van der Waals surface area contributed by atoms with Gasteiger partial charge in [-0.05, 0) is 0 Å². The molecule has 0 atom stereocenters. The van der Waals surface area contributed by atoms with Crippen LogP contribution in [0, 0.1) is 11.3 Å². The number of aromatic nitrogens is 1. The molecule has 4 nitrogen and oxygen atoms in total. The minimum atomic E-state index is 0.627. The highest BCUT2D eigenvalue weighted by Crippen LogP contribution is 2.23. The average Bonchev–Trinajstić information content (AvgIpc) is 2.16. The smallest absolute Gasteiger partial charge is 0.104 e. The molecule has 0 aliphatic rings. The predicted octanol–water partition coefficient (Wildman–Crippen LogP) is 1.06. The van der Waals surface area contributed by atoms with Crippen LogP contribution >= 0.6 is 0 Å². The van der Waals surface area contributed by atoms with Crippen LogP contribution in [0.25, 0.3) is 0 Å². The van der Waals surface area contributed by atoms with Crippen LogP contribution in [-0.4, -0.2) is 26.1 Å². The molecule has 0 fully saturated rings. The first-order valence-electron chi connectivity index (χ1n) is 3.94. The molecule has 1 rings (SSSR count). The van der Waals surface area contributed by atoms with E-state index in [1.807, 2.05) is 19.0 Å². The molecule has 0 aromatic carbocycles. The topological polar surface area (TPSA) is 52.0 Å². The zero-order valence-corrected chi connectivity index (χ0v) is 8.00. The lowest BCUT2D eigenvalue weighted by Gasteiger charge is -2.15. The first-order valence-corrected chi connectivity index (χ1v) is 3.94. The summed E-state index contributed by atoms with van der Waals surface area (Å²) in [6.45, 7) is 0. The van der Waals surface area contributed by atoms with E-state index in [1.54, 1.807) is 19.4 Å². The maximum absolute atomic E-state index is 8.93. The summed E-state index contributed by atoms with van der Waals surface area (Å²) in [5.41, 5.74) is 2.21. The van der Waals surface area contributed by atoms with Gasteiger partial charge in [-0.3, -0.25) is 4.98 Å². The molecule has 1 heterocycles. The van der Waals surface area contributed by atoms with Crippen LogP contribution in [0.2, 0.25) is 0 Å². The summed E-state index contributed by atoms with van der Waals surface area (Å²) in [6, 6.07) is 2.15. The van der Waals surface area contributed by atoms with E-state index in [0.29, 0.717) is 5.56 Å². The number of rotatable bonds is 2. The normalized spacial score (nSPS) is 9.08. The molecule has 1 N–H and O–H groups in total. The first-order chi connectivity index (χ1) is 6.20. The zero-order chi connectivity index (χ0) is 9.84. The minimum Gasteiger partial charge on any atom is -0.386 e. The monoisotopic (exact) mass is 176 g/mol. The third-order valence-corrected chi connectivity index (χ3v) is 1.79. The van der Waals surface area contributed by atoms with Crippen LogP contribution in [0.4, 0.5) is 11.4 Å².